The lowest BCUT2D eigenvalue weighted by molar-refractivity contribution is 0.251. The Kier molecular flexibility index (Phi) is 5.35. The zero-order chi connectivity index (χ0) is 19.7. The van der Waals surface area contributed by atoms with Crippen molar-refractivity contribution in [2.75, 3.05) is 25.0 Å². The van der Waals surface area contributed by atoms with Crippen LogP contribution < -0.4 is 10.0 Å². The van der Waals surface area contributed by atoms with Crippen LogP contribution in [0.15, 0.2) is 6.07 Å². The van der Waals surface area contributed by atoms with E-state index in [1.165, 1.54) is 22.3 Å². The molecule has 1 saturated heterocycles. The summed E-state index contributed by atoms with van der Waals surface area (Å²) in [6.45, 7) is 1.59. The van der Waals surface area contributed by atoms with Gasteiger partial charge in [0.15, 0.2) is 0 Å². The van der Waals surface area contributed by atoms with Crippen LogP contribution in [0.4, 0.5) is 10.5 Å². The van der Waals surface area contributed by atoms with Gasteiger partial charge in [0, 0.05) is 12.2 Å². The number of carbonyl (C=O) groups is 1. The number of urea groups is 1. The lowest BCUT2D eigenvalue weighted by Crippen LogP contribution is -2.48. The minimum absolute atomic E-state index is 0.364. The Morgan fingerprint density at radius 3 is 2.46 bits per heavy atom. The number of hydrogen-bond donors (Lipinski definition) is 2. The summed E-state index contributed by atoms with van der Waals surface area (Å²) < 4.78 is 27.8. The summed E-state index contributed by atoms with van der Waals surface area (Å²) >= 11 is 0. The van der Waals surface area contributed by atoms with Crippen LogP contribution in [0.5, 0.6) is 0 Å². The van der Waals surface area contributed by atoms with Gasteiger partial charge >= 0.3 is 6.03 Å². The lowest BCUT2D eigenvalue weighted by atomic mass is 9.99. The Morgan fingerprint density at radius 2 is 1.82 bits per heavy atom. The molecule has 1 fully saturated rings. The van der Waals surface area contributed by atoms with E-state index in [0.29, 0.717) is 19.5 Å². The highest BCUT2D eigenvalue weighted by molar-refractivity contribution is 7.90. The second-order valence-electron chi connectivity index (χ2n) is 8.04. The van der Waals surface area contributed by atoms with Crippen molar-refractivity contribution in [2.45, 2.75) is 56.6 Å². The number of hydrogen-bond acceptors (Lipinski definition) is 4. The van der Waals surface area contributed by atoms with Gasteiger partial charge in [-0.1, -0.05) is 12.0 Å². The molecule has 1 unspecified atom stereocenters. The first-order chi connectivity index (χ1) is 13.5. The van der Waals surface area contributed by atoms with Crippen molar-refractivity contribution in [3.05, 3.63) is 28.3 Å². The topological polar surface area (TPSA) is 78.5 Å². The average molecular weight is 402 g/mol. The average Bonchev–Trinajstić information content (AvgIpc) is 3.30. The molecule has 3 aliphatic rings. The molecule has 0 aromatic heterocycles. The van der Waals surface area contributed by atoms with Crippen molar-refractivity contribution in [3.8, 4) is 12.3 Å². The molecule has 1 aromatic carbocycles. The third-order valence-electron chi connectivity index (χ3n) is 6.16. The maximum absolute atomic E-state index is 12.8. The van der Waals surface area contributed by atoms with E-state index in [-0.39, 0.29) is 0 Å². The van der Waals surface area contributed by atoms with Gasteiger partial charge in [-0.15, -0.1) is 6.42 Å². The van der Waals surface area contributed by atoms with Crippen molar-refractivity contribution < 1.29 is 13.2 Å². The number of aryl methyl sites for hydroxylation is 2. The van der Waals surface area contributed by atoms with Gasteiger partial charge in [0.2, 0.25) is 10.0 Å². The third kappa shape index (κ3) is 3.76. The summed E-state index contributed by atoms with van der Waals surface area (Å²) in [7, 11) is -3.75. The van der Waals surface area contributed by atoms with Crippen molar-refractivity contribution >= 4 is 21.7 Å². The number of fused-ring (bicyclic) bond motifs is 2. The SMILES string of the molecule is C#CCN1CCCC(S(=O)(=O)NC(=O)Nc2c3c(cc4c2CCC4)CCC3)C1. The molecular weight excluding hydrogens is 374 g/mol. The standard InChI is InChI=1S/C21H27N3O3S/c1-2-11-24-12-5-8-17(14-24)28(26,27)23-21(25)22-20-18-9-3-6-15(18)13-16-7-4-10-19(16)20/h1,13,17H,3-12,14H2,(H2,22,23,25). The predicted molar refractivity (Wildman–Crippen MR) is 110 cm³/mol. The number of terminal acetylenes is 1. The number of likely N-dealkylation sites (tertiary alicyclic amines) is 1. The highest BCUT2D eigenvalue weighted by Crippen LogP contribution is 2.38. The summed E-state index contributed by atoms with van der Waals surface area (Å²) in [4.78, 5) is 14.6. The van der Waals surface area contributed by atoms with Crippen molar-refractivity contribution in [3.63, 3.8) is 0 Å². The van der Waals surface area contributed by atoms with E-state index in [9.17, 15) is 13.2 Å². The first kappa shape index (κ1) is 19.3. The second kappa shape index (κ2) is 7.76. The van der Waals surface area contributed by atoms with Crippen molar-refractivity contribution in [1.82, 2.24) is 9.62 Å². The van der Waals surface area contributed by atoms with Crippen molar-refractivity contribution in [1.29, 1.82) is 0 Å². The second-order valence-corrected chi connectivity index (χ2v) is 10.00. The number of amides is 2. The van der Waals surface area contributed by atoms with E-state index in [1.807, 2.05) is 4.90 Å². The highest BCUT2D eigenvalue weighted by Gasteiger charge is 2.32. The summed E-state index contributed by atoms with van der Waals surface area (Å²) in [5, 5.41) is 2.28. The van der Waals surface area contributed by atoms with Gasteiger partial charge in [-0.25, -0.2) is 17.9 Å². The Hall–Kier alpha value is -2.04. The molecule has 2 N–H and O–H groups in total. The highest BCUT2D eigenvalue weighted by atomic mass is 32.2. The molecule has 1 aliphatic heterocycles. The third-order valence-corrected chi connectivity index (χ3v) is 7.89. The van der Waals surface area contributed by atoms with Gasteiger partial charge in [0.25, 0.3) is 0 Å². The molecule has 4 rings (SSSR count). The van der Waals surface area contributed by atoms with Gasteiger partial charge in [-0.05, 0) is 80.2 Å². The van der Waals surface area contributed by atoms with Gasteiger partial charge < -0.3 is 5.32 Å². The Morgan fingerprint density at radius 1 is 1.14 bits per heavy atom. The zero-order valence-electron chi connectivity index (χ0n) is 16.1. The minimum atomic E-state index is -3.75. The Bertz CT molecular complexity index is 901. The van der Waals surface area contributed by atoms with E-state index in [0.717, 1.165) is 57.2 Å². The fourth-order valence-corrected chi connectivity index (χ4v) is 6.22. The molecule has 0 spiro atoms. The van der Waals surface area contributed by atoms with Crippen LogP contribution in [-0.2, 0) is 35.7 Å². The number of benzene rings is 1. The maximum atomic E-state index is 12.8. The van der Waals surface area contributed by atoms with E-state index >= 15 is 0 Å². The molecule has 7 heteroatoms. The van der Waals surface area contributed by atoms with Crippen LogP contribution in [0.3, 0.4) is 0 Å². The number of rotatable bonds is 4. The number of piperidine rings is 1. The van der Waals surface area contributed by atoms with Crippen LogP contribution in [-0.4, -0.2) is 44.2 Å². The fraction of sp³-hybridized carbons (Fsp3) is 0.571. The molecule has 0 saturated carbocycles. The smallest absolute Gasteiger partial charge is 0.307 e. The van der Waals surface area contributed by atoms with Crippen LogP contribution >= 0.6 is 0 Å². The van der Waals surface area contributed by atoms with E-state index in [4.69, 9.17) is 6.42 Å². The van der Waals surface area contributed by atoms with Crippen LogP contribution in [0, 0.1) is 12.3 Å². The van der Waals surface area contributed by atoms with Gasteiger partial charge in [0.05, 0.1) is 11.8 Å². The normalized spacial score (nSPS) is 21.6. The molecule has 2 aliphatic carbocycles. The monoisotopic (exact) mass is 401 g/mol. The molecule has 2 amide bonds. The van der Waals surface area contributed by atoms with Gasteiger partial charge in [-0.3, -0.25) is 4.90 Å². The molecule has 6 nitrogen and oxygen atoms in total. The number of sulfonamides is 1. The Labute approximate surface area is 167 Å². The predicted octanol–water partition coefficient (Wildman–Crippen LogP) is 2.21. The summed E-state index contributed by atoms with van der Waals surface area (Å²) in [6, 6.07) is 1.63. The fourth-order valence-electron chi connectivity index (χ4n) is 4.86. The number of nitrogens with zero attached hydrogens (tertiary/aromatic N) is 1. The van der Waals surface area contributed by atoms with Gasteiger partial charge in [-0.2, -0.15) is 0 Å². The zero-order valence-corrected chi connectivity index (χ0v) is 16.9. The first-order valence-corrected chi connectivity index (χ1v) is 11.7. The molecule has 0 bridgehead atoms. The quantitative estimate of drug-likeness (QED) is 0.759. The number of nitrogens with one attached hydrogen (secondary N) is 2. The molecule has 1 atom stereocenters. The van der Waals surface area contributed by atoms with Crippen LogP contribution in [0.2, 0.25) is 0 Å². The van der Waals surface area contributed by atoms with E-state index in [2.05, 4.69) is 22.0 Å². The summed E-state index contributed by atoms with van der Waals surface area (Å²) in [5.41, 5.74) is 5.83. The van der Waals surface area contributed by atoms with Crippen LogP contribution in [0.1, 0.15) is 47.9 Å². The molecular formula is C21H27N3O3S. The summed E-state index contributed by atoms with van der Waals surface area (Å²) in [5.74, 6) is 2.56. The lowest BCUT2D eigenvalue weighted by Gasteiger charge is -2.30. The maximum Gasteiger partial charge on any atom is 0.332 e. The van der Waals surface area contributed by atoms with Gasteiger partial charge in [0.1, 0.15) is 0 Å². The van der Waals surface area contributed by atoms with E-state index in [1.54, 1.807) is 0 Å². The molecule has 28 heavy (non-hydrogen) atoms. The molecule has 0 radical (unpaired) electrons. The van der Waals surface area contributed by atoms with Crippen molar-refractivity contribution in [2.24, 2.45) is 0 Å². The largest absolute Gasteiger partial charge is 0.332 e. The van der Waals surface area contributed by atoms with Crippen LogP contribution in [0.25, 0.3) is 0 Å². The minimum Gasteiger partial charge on any atom is -0.307 e. The molecule has 1 aromatic rings. The molecule has 1 heterocycles. The first-order valence-electron chi connectivity index (χ1n) is 10.1. The summed E-state index contributed by atoms with van der Waals surface area (Å²) in [6.07, 6.45) is 12.8. The number of carbonyl (C=O) groups excluding carboxylic acids is 1. The Balaban J connectivity index is 1.49. The number of anilines is 1. The molecule has 150 valence electrons. The van der Waals surface area contributed by atoms with E-state index < -0.39 is 21.3 Å².